The zero-order chi connectivity index (χ0) is 14.2. The highest BCUT2D eigenvalue weighted by molar-refractivity contribution is 7.99. The zero-order valence-electron chi connectivity index (χ0n) is 12.1. The number of rotatable bonds is 7. The van der Waals surface area contributed by atoms with Crippen LogP contribution in [-0.2, 0) is 0 Å². The average Bonchev–Trinajstić information content (AvgIpc) is 2.49. The van der Waals surface area contributed by atoms with Crippen LogP contribution in [-0.4, -0.2) is 28.0 Å². The summed E-state index contributed by atoms with van der Waals surface area (Å²) in [6.07, 6.45) is 9.78. The van der Waals surface area contributed by atoms with Crippen LogP contribution in [0.1, 0.15) is 44.9 Å². The second-order valence-electron chi connectivity index (χ2n) is 5.78. The summed E-state index contributed by atoms with van der Waals surface area (Å²) in [5.74, 6) is 1.60. The van der Waals surface area contributed by atoms with Crippen molar-refractivity contribution in [2.75, 3.05) is 5.75 Å². The Kier molecular flexibility index (Phi) is 6.83. The standard InChI is InChI=1S/C16H26N2OS/c17-14(12-13-6-2-1-3-7-13)15(19)9-11-20-16-8-4-5-10-18-16/h4-5,8,10,13-15,19H,1-3,6-7,9,11-12,17H2/t14?,15-/m0/s1. The molecule has 112 valence electrons. The molecule has 3 nitrogen and oxygen atoms in total. The van der Waals surface area contributed by atoms with Crippen LogP contribution in [0, 0.1) is 5.92 Å². The zero-order valence-corrected chi connectivity index (χ0v) is 12.9. The third-order valence-corrected chi connectivity index (χ3v) is 5.10. The lowest BCUT2D eigenvalue weighted by Gasteiger charge is -2.27. The highest BCUT2D eigenvalue weighted by Gasteiger charge is 2.21. The number of nitrogens with two attached hydrogens (primary N) is 1. The normalized spacial score (nSPS) is 19.7. The average molecular weight is 294 g/mol. The summed E-state index contributed by atoms with van der Waals surface area (Å²) < 4.78 is 0. The molecular weight excluding hydrogens is 268 g/mol. The van der Waals surface area contributed by atoms with Gasteiger partial charge in [-0.05, 0) is 30.9 Å². The molecule has 1 unspecified atom stereocenters. The predicted molar refractivity (Wildman–Crippen MR) is 84.8 cm³/mol. The van der Waals surface area contributed by atoms with Gasteiger partial charge in [0.15, 0.2) is 0 Å². The number of hydrogen-bond acceptors (Lipinski definition) is 4. The van der Waals surface area contributed by atoms with Crippen molar-refractivity contribution >= 4 is 11.8 Å². The summed E-state index contributed by atoms with van der Waals surface area (Å²) in [6.45, 7) is 0. The molecule has 1 heterocycles. The van der Waals surface area contributed by atoms with Gasteiger partial charge in [0.2, 0.25) is 0 Å². The number of thioether (sulfide) groups is 1. The van der Waals surface area contributed by atoms with Gasteiger partial charge >= 0.3 is 0 Å². The van der Waals surface area contributed by atoms with Crippen molar-refractivity contribution in [3.8, 4) is 0 Å². The fraction of sp³-hybridized carbons (Fsp3) is 0.688. The summed E-state index contributed by atoms with van der Waals surface area (Å²) in [4.78, 5) is 4.26. The SMILES string of the molecule is NC(CC1CCCCC1)[C@@H](O)CCSc1ccccn1. The quantitative estimate of drug-likeness (QED) is 0.758. The summed E-state index contributed by atoms with van der Waals surface area (Å²) in [6, 6.07) is 5.83. The Bertz CT molecular complexity index is 368. The fourth-order valence-electron chi connectivity index (χ4n) is 2.90. The summed E-state index contributed by atoms with van der Waals surface area (Å²) in [7, 11) is 0. The Morgan fingerprint density at radius 2 is 2.10 bits per heavy atom. The van der Waals surface area contributed by atoms with Crippen LogP contribution >= 0.6 is 11.8 Å². The Hall–Kier alpha value is -0.580. The lowest BCUT2D eigenvalue weighted by Crippen LogP contribution is -2.37. The minimum absolute atomic E-state index is 0.0672. The molecule has 1 aromatic heterocycles. The minimum Gasteiger partial charge on any atom is -0.391 e. The maximum Gasteiger partial charge on any atom is 0.0959 e. The van der Waals surface area contributed by atoms with Crippen LogP contribution in [0.15, 0.2) is 29.4 Å². The lowest BCUT2D eigenvalue weighted by atomic mass is 9.84. The molecule has 0 spiro atoms. The molecule has 1 saturated carbocycles. The molecule has 2 rings (SSSR count). The van der Waals surface area contributed by atoms with E-state index in [9.17, 15) is 5.11 Å². The molecule has 1 fully saturated rings. The van der Waals surface area contributed by atoms with Gasteiger partial charge in [-0.2, -0.15) is 0 Å². The third kappa shape index (κ3) is 5.43. The maximum atomic E-state index is 10.2. The van der Waals surface area contributed by atoms with E-state index in [0.717, 1.165) is 29.5 Å². The van der Waals surface area contributed by atoms with E-state index in [-0.39, 0.29) is 12.1 Å². The van der Waals surface area contributed by atoms with E-state index in [0.29, 0.717) is 0 Å². The largest absolute Gasteiger partial charge is 0.391 e. The van der Waals surface area contributed by atoms with Crippen molar-refractivity contribution in [3.05, 3.63) is 24.4 Å². The molecule has 1 aromatic rings. The Labute approximate surface area is 126 Å². The van der Waals surface area contributed by atoms with E-state index in [2.05, 4.69) is 4.98 Å². The number of aliphatic hydroxyl groups is 1. The van der Waals surface area contributed by atoms with Crippen molar-refractivity contribution in [1.29, 1.82) is 0 Å². The van der Waals surface area contributed by atoms with Gasteiger partial charge in [0, 0.05) is 18.0 Å². The second kappa shape index (κ2) is 8.65. The molecule has 0 saturated heterocycles. The van der Waals surface area contributed by atoms with Crippen molar-refractivity contribution in [1.82, 2.24) is 4.98 Å². The van der Waals surface area contributed by atoms with Gasteiger partial charge in [-0.3, -0.25) is 0 Å². The Morgan fingerprint density at radius 1 is 1.30 bits per heavy atom. The van der Waals surface area contributed by atoms with Crippen LogP contribution in [0.25, 0.3) is 0 Å². The summed E-state index contributed by atoms with van der Waals surface area (Å²) in [5, 5.41) is 11.2. The van der Waals surface area contributed by atoms with Crippen LogP contribution in [0.5, 0.6) is 0 Å². The molecule has 0 amide bonds. The predicted octanol–water partition coefficient (Wildman–Crippen LogP) is 3.22. The molecule has 0 bridgehead atoms. The smallest absolute Gasteiger partial charge is 0.0959 e. The van der Waals surface area contributed by atoms with Crippen LogP contribution in [0.3, 0.4) is 0 Å². The number of aromatic nitrogens is 1. The van der Waals surface area contributed by atoms with Crippen molar-refractivity contribution < 1.29 is 5.11 Å². The maximum absolute atomic E-state index is 10.2. The van der Waals surface area contributed by atoms with Crippen molar-refractivity contribution in [2.24, 2.45) is 11.7 Å². The molecule has 0 aliphatic heterocycles. The monoisotopic (exact) mass is 294 g/mol. The van der Waals surface area contributed by atoms with Crippen LogP contribution in [0.4, 0.5) is 0 Å². The Balaban J connectivity index is 1.64. The molecule has 4 heteroatoms. The lowest BCUT2D eigenvalue weighted by molar-refractivity contribution is 0.124. The van der Waals surface area contributed by atoms with Gasteiger partial charge in [0.25, 0.3) is 0 Å². The number of pyridine rings is 1. The van der Waals surface area contributed by atoms with E-state index < -0.39 is 0 Å². The van der Waals surface area contributed by atoms with E-state index in [1.807, 2.05) is 18.2 Å². The molecule has 1 aliphatic carbocycles. The van der Waals surface area contributed by atoms with Gasteiger partial charge in [-0.25, -0.2) is 4.98 Å². The molecule has 0 aromatic carbocycles. The third-order valence-electron chi connectivity index (χ3n) is 4.13. The first-order valence-corrected chi connectivity index (χ1v) is 8.71. The number of nitrogens with zero attached hydrogens (tertiary/aromatic N) is 1. The van der Waals surface area contributed by atoms with Crippen LogP contribution in [0.2, 0.25) is 0 Å². The second-order valence-corrected chi connectivity index (χ2v) is 6.89. The van der Waals surface area contributed by atoms with Gasteiger partial charge in [-0.15, -0.1) is 11.8 Å². The van der Waals surface area contributed by atoms with Gasteiger partial charge < -0.3 is 10.8 Å². The van der Waals surface area contributed by atoms with E-state index >= 15 is 0 Å². The first-order valence-electron chi connectivity index (χ1n) is 7.73. The minimum atomic E-state index is -0.381. The van der Waals surface area contributed by atoms with E-state index in [1.165, 1.54) is 32.1 Å². The van der Waals surface area contributed by atoms with E-state index in [4.69, 9.17) is 5.73 Å². The summed E-state index contributed by atoms with van der Waals surface area (Å²) in [5.41, 5.74) is 6.15. The van der Waals surface area contributed by atoms with Crippen molar-refractivity contribution in [2.45, 2.75) is 62.1 Å². The fourth-order valence-corrected chi connectivity index (χ4v) is 3.77. The number of aliphatic hydroxyl groups excluding tert-OH is 1. The van der Waals surface area contributed by atoms with Gasteiger partial charge in [0.1, 0.15) is 0 Å². The molecule has 0 radical (unpaired) electrons. The van der Waals surface area contributed by atoms with Crippen molar-refractivity contribution in [3.63, 3.8) is 0 Å². The Morgan fingerprint density at radius 3 is 2.80 bits per heavy atom. The summed E-state index contributed by atoms with van der Waals surface area (Å²) >= 11 is 1.69. The number of hydrogen-bond donors (Lipinski definition) is 2. The van der Waals surface area contributed by atoms with E-state index in [1.54, 1.807) is 18.0 Å². The molecule has 3 N–H and O–H groups in total. The topological polar surface area (TPSA) is 59.1 Å². The highest BCUT2D eigenvalue weighted by atomic mass is 32.2. The molecule has 2 atom stereocenters. The van der Waals surface area contributed by atoms with Gasteiger partial charge in [0.05, 0.1) is 11.1 Å². The van der Waals surface area contributed by atoms with Crippen LogP contribution < -0.4 is 5.73 Å². The molecule has 1 aliphatic rings. The first kappa shape index (κ1) is 15.8. The molecule has 20 heavy (non-hydrogen) atoms. The first-order chi connectivity index (χ1) is 9.75. The molecular formula is C16H26N2OS. The van der Waals surface area contributed by atoms with Gasteiger partial charge in [-0.1, -0.05) is 38.2 Å². The highest BCUT2D eigenvalue weighted by Crippen LogP contribution is 2.28.